The summed E-state index contributed by atoms with van der Waals surface area (Å²) in [5.41, 5.74) is 7.16. The Kier molecular flexibility index (Phi) is 4.06. The van der Waals surface area contributed by atoms with Crippen LogP contribution in [0.1, 0.15) is 39.0 Å². The maximum atomic E-state index is 13.2. The van der Waals surface area contributed by atoms with Crippen LogP contribution in [-0.4, -0.2) is 15.7 Å². The van der Waals surface area contributed by atoms with Crippen molar-refractivity contribution in [2.24, 2.45) is 0 Å². The van der Waals surface area contributed by atoms with E-state index < -0.39 is 6.10 Å². The number of esters is 1. The lowest BCUT2D eigenvalue weighted by molar-refractivity contribution is 0.0384. The topological polar surface area (TPSA) is 44.1 Å². The van der Waals surface area contributed by atoms with Crippen LogP contribution in [-0.2, 0) is 4.74 Å². The zero-order chi connectivity index (χ0) is 20.0. The highest BCUT2D eigenvalue weighted by Gasteiger charge is 2.32. The molecule has 1 aromatic heterocycles. The molecular weight excluding hydrogens is 360 g/mol. The highest BCUT2D eigenvalue weighted by molar-refractivity contribution is 5.93. The monoisotopic (exact) mass is 380 g/mol. The van der Waals surface area contributed by atoms with E-state index in [1.807, 2.05) is 80.6 Å². The van der Waals surface area contributed by atoms with Gasteiger partial charge in [0.1, 0.15) is 5.56 Å². The summed E-state index contributed by atoms with van der Waals surface area (Å²) in [6, 6.07) is 26.0. The maximum Gasteiger partial charge on any atom is 0.342 e. The van der Waals surface area contributed by atoms with E-state index in [-0.39, 0.29) is 5.97 Å². The fraction of sp³-hybridized carbons (Fsp3) is 0.120. The number of fused-ring (bicyclic) bond motifs is 3. The highest BCUT2D eigenvalue weighted by Crippen LogP contribution is 2.45. The van der Waals surface area contributed by atoms with Crippen molar-refractivity contribution in [1.82, 2.24) is 9.78 Å². The van der Waals surface area contributed by atoms with Gasteiger partial charge in [-0.1, -0.05) is 66.7 Å². The molecule has 4 aromatic rings. The molecule has 0 saturated carbocycles. The molecule has 29 heavy (non-hydrogen) atoms. The van der Waals surface area contributed by atoms with Gasteiger partial charge >= 0.3 is 5.97 Å². The number of carbonyl (C=O) groups excluding carboxylic acids is 1. The molecule has 0 aliphatic heterocycles. The SMILES string of the molecule is Cc1nn(-c2ccccc2)c(C)c1C(=O)OC1c2ccccc2-c2ccccc21. The molecule has 3 aromatic carbocycles. The average molecular weight is 380 g/mol. The number of aryl methyl sites for hydroxylation is 1. The van der Waals surface area contributed by atoms with Gasteiger partial charge in [-0.25, -0.2) is 9.48 Å². The summed E-state index contributed by atoms with van der Waals surface area (Å²) in [7, 11) is 0. The number of rotatable bonds is 3. The smallest absolute Gasteiger partial charge is 0.342 e. The second kappa shape index (κ2) is 6.74. The predicted molar refractivity (Wildman–Crippen MR) is 112 cm³/mol. The van der Waals surface area contributed by atoms with Crippen LogP contribution in [0.15, 0.2) is 78.9 Å². The lowest BCUT2D eigenvalue weighted by Gasteiger charge is -2.15. The van der Waals surface area contributed by atoms with E-state index in [2.05, 4.69) is 17.2 Å². The van der Waals surface area contributed by atoms with E-state index in [1.165, 1.54) is 0 Å². The standard InChI is InChI=1S/C25H20N2O2/c1-16-23(17(2)27(26-16)18-10-4-3-5-11-18)25(28)29-24-21-14-8-6-12-19(21)20-13-7-9-15-22(20)24/h3-15,24H,1-2H3. The van der Waals surface area contributed by atoms with E-state index in [0.29, 0.717) is 11.3 Å². The van der Waals surface area contributed by atoms with Crippen molar-refractivity contribution in [1.29, 1.82) is 0 Å². The van der Waals surface area contributed by atoms with Crippen LogP contribution in [0.4, 0.5) is 0 Å². The number of hydrogen-bond donors (Lipinski definition) is 0. The fourth-order valence-corrected chi connectivity index (χ4v) is 4.16. The van der Waals surface area contributed by atoms with E-state index in [4.69, 9.17) is 4.74 Å². The molecule has 0 atom stereocenters. The van der Waals surface area contributed by atoms with Crippen LogP contribution in [0.2, 0.25) is 0 Å². The molecule has 0 fully saturated rings. The molecule has 0 saturated heterocycles. The lowest BCUT2D eigenvalue weighted by atomic mass is 10.1. The molecule has 1 aliphatic rings. The number of nitrogens with zero attached hydrogens (tertiary/aromatic N) is 2. The molecule has 0 spiro atoms. The second-order valence-corrected chi connectivity index (χ2v) is 7.25. The van der Waals surface area contributed by atoms with E-state index in [9.17, 15) is 4.79 Å². The molecule has 5 rings (SSSR count). The van der Waals surface area contributed by atoms with Gasteiger partial charge in [0.15, 0.2) is 6.10 Å². The minimum Gasteiger partial charge on any atom is -0.449 e. The largest absolute Gasteiger partial charge is 0.449 e. The number of aromatic nitrogens is 2. The summed E-state index contributed by atoms with van der Waals surface area (Å²) in [5.74, 6) is -0.348. The molecule has 4 heteroatoms. The van der Waals surface area contributed by atoms with Crippen molar-refractivity contribution in [2.75, 3.05) is 0 Å². The third kappa shape index (κ3) is 2.76. The predicted octanol–water partition coefficient (Wildman–Crippen LogP) is 5.42. The summed E-state index contributed by atoms with van der Waals surface area (Å²) in [4.78, 5) is 13.2. The number of ether oxygens (including phenoxy) is 1. The average Bonchev–Trinajstić information content (AvgIpc) is 3.23. The number of para-hydroxylation sites is 1. The Bertz CT molecular complexity index is 1180. The number of benzene rings is 3. The summed E-state index contributed by atoms with van der Waals surface area (Å²) < 4.78 is 7.86. The highest BCUT2D eigenvalue weighted by atomic mass is 16.5. The first-order valence-electron chi connectivity index (χ1n) is 9.66. The molecule has 1 heterocycles. The molecule has 4 nitrogen and oxygen atoms in total. The van der Waals surface area contributed by atoms with Crippen molar-refractivity contribution in [2.45, 2.75) is 20.0 Å². The van der Waals surface area contributed by atoms with Crippen LogP contribution >= 0.6 is 0 Å². The van der Waals surface area contributed by atoms with Gasteiger partial charge in [-0.3, -0.25) is 0 Å². The first kappa shape index (κ1) is 17.4. The Morgan fingerprint density at radius 1 is 0.828 bits per heavy atom. The first-order chi connectivity index (χ1) is 14.1. The molecule has 0 N–H and O–H groups in total. The van der Waals surface area contributed by atoms with Crippen molar-refractivity contribution in [3.8, 4) is 16.8 Å². The van der Waals surface area contributed by atoms with Crippen molar-refractivity contribution < 1.29 is 9.53 Å². The fourth-order valence-electron chi connectivity index (χ4n) is 4.16. The Balaban J connectivity index is 1.53. The molecule has 142 valence electrons. The van der Waals surface area contributed by atoms with E-state index in [0.717, 1.165) is 33.6 Å². The quantitative estimate of drug-likeness (QED) is 0.446. The van der Waals surface area contributed by atoms with Gasteiger partial charge in [0, 0.05) is 11.1 Å². The van der Waals surface area contributed by atoms with Gasteiger partial charge in [-0.05, 0) is 37.1 Å². The Hall–Kier alpha value is -3.66. The second-order valence-electron chi connectivity index (χ2n) is 7.25. The van der Waals surface area contributed by atoms with Crippen molar-refractivity contribution in [3.63, 3.8) is 0 Å². The van der Waals surface area contributed by atoms with Crippen LogP contribution < -0.4 is 0 Å². The third-order valence-corrected chi connectivity index (χ3v) is 5.50. The van der Waals surface area contributed by atoms with Crippen LogP contribution in [0, 0.1) is 13.8 Å². The van der Waals surface area contributed by atoms with Gasteiger partial charge < -0.3 is 4.74 Å². The summed E-state index contributed by atoms with van der Waals surface area (Å²) in [6.45, 7) is 3.75. The van der Waals surface area contributed by atoms with Gasteiger partial charge in [0.25, 0.3) is 0 Å². The molecule has 0 amide bonds. The molecule has 0 bridgehead atoms. The van der Waals surface area contributed by atoms with E-state index >= 15 is 0 Å². The van der Waals surface area contributed by atoms with E-state index in [1.54, 1.807) is 4.68 Å². The van der Waals surface area contributed by atoms with Crippen molar-refractivity contribution >= 4 is 5.97 Å². The Morgan fingerprint density at radius 2 is 1.38 bits per heavy atom. The van der Waals surface area contributed by atoms with Crippen molar-refractivity contribution in [3.05, 3.63) is 107 Å². The normalized spacial score (nSPS) is 12.5. The minimum atomic E-state index is -0.409. The molecular formula is C25H20N2O2. The van der Waals surface area contributed by atoms with Gasteiger partial charge in [0.05, 0.1) is 17.1 Å². The first-order valence-corrected chi connectivity index (χ1v) is 9.66. The number of carbonyl (C=O) groups is 1. The van der Waals surface area contributed by atoms with Crippen LogP contribution in [0.3, 0.4) is 0 Å². The molecule has 0 unspecified atom stereocenters. The summed E-state index contributed by atoms with van der Waals surface area (Å²) >= 11 is 0. The Labute approximate surface area is 169 Å². The number of hydrogen-bond acceptors (Lipinski definition) is 3. The van der Waals surface area contributed by atoms with Gasteiger partial charge in [-0.2, -0.15) is 5.10 Å². The minimum absolute atomic E-state index is 0.348. The zero-order valence-corrected chi connectivity index (χ0v) is 16.3. The lowest BCUT2D eigenvalue weighted by Crippen LogP contribution is -2.13. The van der Waals surface area contributed by atoms with Crippen LogP contribution in [0.5, 0.6) is 0 Å². The summed E-state index contributed by atoms with van der Waals surface area (Å²) in [6.07, 6.45) is -0.409. The third-order valence-electron chi connectivity index (χ3n) is 5.50. The van der Waals surface area contributed by atoms with Gasteiger partial charge in [-0.15, -0.1) is 0 Å². The summed E-state index contributed by atoms with van der Waals surface area (Å²) in [5, 5.41) is 4.58. The Morgan fingerprint density at radius 3 is 2.00 bits per heavy atom. The van der Waals surface area contributed by atoms with Crippen LogP contribution in [0.25, 0.3) is 16.8 Å². The van der Waals surface area contributed by atoms with Gasteiger partial charge in [0.2, 0.25) is 0 Å². The zero-order valence-electron chi connectivity index (χ0n) is 16.3. The molecule has 1 aliphatic carbocycles. The maximum absolute atomic E-state index is 13.2. The molecule has 0 radical (unpaired) electrons.